The number of carboxylic acids is 1. The highest BCUT2D eigenvalue weighted by atomic mass is 35.5. The Kier molecular flexibility index (Phi) is 6.57. The van der Waals surface area contributed by atoms with E-state index >= 15 is 0 Å². The second kappa shape index (κ2) is 9.64. The van der Waals surface area contributed by atoms with E-state index in [2.05, 4.69) is 15.6 Å². The molecule has 1 aromatic heterocycles. The van der Waals surface area contributed by atoms with E-state index in [4.69, 9.17) is 11.6 Å². The van der Waals surface area contributed by atoms with Crippen molar-refractivity contribution in [1.29, 1.82) is 0 Å². The molecule has 7 nitrogen and oxygen atoms in total. The molecule has 5 rings (SSSR count). The number of fused-ring (bicyclic) bond motifs is 3. The second-order valence-electron chi connectivity index (χ2n) is 8.74. The van der Waals surface area contributed by atoms with Gasteiger partial charge in [0, 0.05) is 16.4 Å². The van der Waals surface area contributed by atoms with Crippen LogP contribution in [0.15, 0.2) is 52.9 Å². The number of amides is 2. The van der Waals surface area contributed by atoms with Gasteiger partial charge in [0.15, 0.2) is 4.34 Å². The Balaban J connectivity index is 1.23. The maximum Gasteiger partial charge on any atom is 0.307 e. The van der Waals surface area contributed by atoms with Crippen molar-refractivity contribution in [2.24, 2.45) is 23.7 Å². The zero-order chi connectivity index (χ0) is 24.7. The largest absolute Gasteiger partial charge is 0.481 e. The molecule has 2 aromatic carbocycles. The molecule has 35 heavy (non-hydrogen) atoms. The SMILES string of the molecule is Cc1c(Cl)cccc1NC(=O)CSc1nc2ccc(NC(=O)[C@H]3[C@@H](C(=O)O)[C@H]4C=C[C@H]3C4)cc2s1. The highest BCUT2D eigenvalue weighted by Gasteiger charge is 2.51. The van der Waals surface area contributed by atoms with Gasteiger partial charge < -0.3 is 15.7 Å². The van der Waals surface area contributed by atoms with Crippen LogP contribution in [0.1, 0.15) is 12.0 Å². The number of hydrogen-bond acceptors (Lipinski definition) is 6. The fourth-order valence-corrected chi connectivity index (χ4v) is 6.92. The molecular weight excluding hydrogens is 506 g/mol. The zero-order valence-corrected chi connectivity index (χ0v) is 21.0. The molecule has 3 N–H and O–H groups in total. The summed E-state index contributed by atoms with van der Waals surface area (Å²) in [6.45, 7) is 1.85. The predicted molar refractivity (Wildman–Crippen MR) is 139 cm³/mol. The number of thioether (sulfide) groups is 1. The van der Waals surface area contributed by atoms with Crippen molar-refractivity contribution in [2.75, 3.05) is 16.4 Å². The summed E-state index contributed by atoms with van der Waals surface area (Å²) in [4.78, 5) is 41.6. The Morgan fingerprint density at radius 3 is 2.69 bits per heavy atom. The van der Waals surface area contributed by atoms with Crippen LogP contribution in [-0.2, 0) is 14.4 Å². The molecule has 0 spiro atoms. The van der Waals surface area contributed by atoms with Crippen LogP contribution in [0, 0.1) is 30.6 Å². The fourth-order valence-electron chi connectivity index (χ4n) is 4.84. The van der Waals surface area contributed by atoms with Gasteiger partial charge in [0.2, 0.25) is 11.8 Å². The minimum atomic E-state index is -0.920. The Bertz CT molecular complexity index is 1370. The maximum absolute atomic E-state index is 13.0. The minimum Gasteiger partial charge on any atom is -0.481 e. The molecule has 0 aliphatic heterocycles. The normalized spacial score (nSPS) is 22.5. The monoisotopic (exact) mass is 527 g/mol. The number of anilines is 2. The van der Waals surface area contributed by atoms with E-state index in [0.717, 1.165) is 20.1 Å². The molecule has 1 heterocycles. The van der Waals surface area contributed by atoms with Crippen LogP contribution in [-0.4, -0.2) is 33.6 Å². The van der Waals surface area contributed by atoms with Crippen LogP contribution in [0.5, 0.6) is 0 Å². The third kappa shape index (κ3) is 4.80. The van der Waals surface area contributed by atoms with E-state index in [0.29, 0.717) is 22.8 Å². The lowest BCUT2D eigenvalue weighted by Crippen LogP contribution is -2.36. The maximum atomic E-state index is 13.0. The van der Waals surface area contributed by atoms with E-state index in [-0.39, 0.29) is 29.4 Å². The van der Waals surface area contributed by atoms with Crippen molar-refractivity contribution in [2.45, 2.75) is 17.7 Å². The molecular formula is C25H22ClN3O4S2. The number of allylic oxidation sites excluding steroid dienone is 2. The topological polar surface area (TPSA) is 108 Å². The summed E-state index contributed by atoms with van der Waals surface area (Å²) in [5.41, 5.74) is 2.88. The van der Waals surface area contributed by atoms with Crippen LogP contribution < -0.4 is 10.6 Å². The summed E-state index contributed by atoms with van der Waals surface area (Å²) in [7, 11) is 0. The molecule has 180 valence electrons. The molecule has 2 bridgehead atoms. The van der Waals surface area contributed by atoms with Crippen molar-refractivity contribution >= 4 is 74.1 Å². The van der Waals surface area contributed by atoms with Gasteiger partial charge in [-0.25, -0.2) is 4.98 Å². The highest BCUT2D eigenvalue weighted by Crippen LogP contribution is 2.48. The van der Waals surface area contributed by atoms with E-state index in [1.54, 1.807) is 18.2 Å². The fraction of sp³-hybridized carbons (Fsp3) is 0.280. The van der Waals surface area contributed by atoms with E-state index in [9.17, 15) is 19.5 Å². The number of rotatable bonds is 7. The van der Waals surface area contributed by atoms with Gasteiger partial charge >= 0.3 is 5.97 Å². The summed E-state index contributed by atoms with van der Waals surface area (Å²) in [5, 5.41) is 16.0. The van der Waals surface area contributed by atoms with Crippen LogP contribution in [0.4, 0.5) is 11.4 Å². The molecule has 2 amide bonds. The van der Waals surface area contributed by atoms with Crippen molar-refractivity contribution in [1.82, 2.24) is 4.98 Å². The molecule has 1 saturated carbocycles. The number of thiazole rings is 1. The van der Waals surface area contributed by atoms with Crippen LogP contribution >= 0.6 is 34.7 Å². The van der Waals surface area contributed by atoms with Gasteiger partial charge in [-0.1, -0.05) is 41.6 Å². The van der Waals surface area contributed by atoms with Crippen molar-refractivity contribution in [3.05, 3.63) is 59.1 Å². The van der Waals surface area contributed by atoms with Gasteiger partial charge in [0.05, 0.1) is 27.8 Å². The van der Waals surface area contributed by atoms with Crippen molar-refractivity contribution in [3.63, 3.8) is 0 Å². The number of carboxylic acid groups (broad SMARTS) is 1. The van der Waals surface area contributed by atoms with Gasteiger partial charge in [-0.3, -0.25) is 14.4 Å². The average Bonchev–Trinajstić information content (AvgIpc) is 3.54. The number of halogens is 1. The second-order valence-corrected chi connectivity index (χ2v) is 11.4. The summed E-state index contributed by atoms with van der Waals surface area (Å²) in [5.74, 6) is -2.48. The molecule has 0 unspecified atom stereocenters. The lowest BCUT2D eigenvalue weighted by Gasteiger charge is -2.23. The quantitative estimate of drug-likeness (QED) is 0.278. The molecule has 0 radical (unpaired) electrons. The summed E-state index contributed by atoms with van der Waals surface area (Å²) in [6, 6.07) is 10.8. The summed E-state index contributed by atoms with van der Waals surface area (Å²) >= 11 is 8.89. The van der Waals surface area contributed by atoms with Crippen molar-refractivity contribution < 1.29 is 19.5 Å². The Morgan fingerprint density at radius 1 is 1.14 bits per heavy atom. The third-order valence-corrected chi connectivity index (χ3v) is 9.12. The molecule has 2 aliphatic carbocycles. The Morgan fingerprint density at radius 2 is 1.91 bits per heavy atom. The number of aromatic nitrogens is 1. The number of hydrogen-bond donors (Lipinski definition) is 3. The lowest BCUT2D eigenvalue weighted by molar-refractivity contribution is -0.146. The Labute approximate surface area is 215 Å². The Hall–Kier alpha value is -2.88. The first-order valence-electron chi connectivity index (χ1n) is 11.1. The first-order chi connectivity index (χ1) is 16.8. The number of carbonyl (C=O) groups excluding carboxylic acids is 2. The summed E-state index contributed by atoms with van der Waals surface area (Å²) in [6.07, 6.45) is 4.61. The van der Waals surface area contributed by atoms with E-state index < -0.39 is 17.8 Å². The van der Waals surface area contributed by atoms with Gasteiger partial charge in [0.25, 0.3) is 0 Å². The van der Waals surface area contributed by atoms with Gasteiger partial charge in [-0.15, -0.1) is 11.3 Å². The lowest BCUT2D eigenvalue weighted by atomic mass is 9.82. The number of carbonyl (C=O) groups is 3. The molecule has 10 heteroatoms. The number of benzene rings is 2. The first kappa shape index (κ1) is 23.8. The number of aliphatic carboxylic acids is 1. The highest BCUT2D eigenvalue weighted by molar-refractivity contribution is 8.01. The molecule has 1 fully saturated rings. The van der Waals surface area contributed by atoms with Crippen LogP contribution in [0.2, 0.25) is 5.02 Å². The third-order valence-electron chi connectivity index (χ3n) is 6.55. The molecule has 4 atom stereocenters. The van der Waals surface area contributed by atoms with Gasteiger partial charge in [-0.05, 0) is 61.1 Å². The minimum absolute atomic E-state index is 0.0296. The average molecular weight is 528 g/mol. The van der Waals surface area contributed by atoms with Crippen LogP contribution in [0.25, 0.3) is 10.2 Å². The van der Waals surface area contributed by atoms with E-state index in [1.807, 2.05) is 37.3 Å². The van der Waals surface area contributed by atoms with Crippen LogP contribution in [0.3, 0.4) is 0 Å². The number of nitrogens with one attached hydrogen (secondary N) is 2. The molecule has 3 aromatic rings. The molecule has 2 aliphatic rings. The van der Waals surface area contributed by atoms with E-state index in [1.165, 1.54) is 23.1 Å². The summed E-state index contributed by atoms with van der Waals surface area (Å²) < 4.78 is 1.62. The standard InChI is InChI=1S/C25H22ClN3O4S2/c1-12-16(26)3-2-4-17(12)28-20(30)11-34-25-29-18-8-7-15(10-19(18)35-25)27-23(31)21-13-5-6-14(9-13)22(21)24(32)33/h2-8,10,13-14,21-22H,9,11H2,1H3,(H,27,31)(H,28,30)(H,32,33)/t13-,14-,21+,22-/m0/s1. The van der Waals surface area contributed by atoms with Gasteiger partial charge in [0.1, 0.15) is 0 Å². The van der Waals surface area contributed by atoms with Crippen molar-refractivity contribution in [3.8, 4) is 0 Å². The van der Waals surface area contributed by atoms with Gasteiger partial charge in [-0.2, -0.15) is 0 Å². The zero-order valence-electron chi connectivity index (χ0n) is 18.7. The smallest absolute Gasteiger partial charge is 0.307 e. The molecule has 0 saturated heterocycles. The number of nitrogens with zero attached hydrogens (tertiary/aromatic N) is 1. The predicted octanol–water partition coefficient (Wildman–Crippen LogP) is 5.45. The first-order valence-corrected chi connectivity index (χ1v) is 13.3.